The number of nitrogens with zero attached hydrogens (tertiary/aromatic N) is 3. The van der Waals surface area contributed by atoms with Crippen LogP contribution in [-0.4, -0.2) is 27.6 Å². The summed E-state index contributed by atoms with van der Waals surface area (Å²) in [5, 5.41) is 4.35. The van der Waals surface area contributed by atoms with Crippen LogP contribution in [0.3, 0.4) is 0 Å². The zero-order valence-corrected chi connectivity index (χ0v) is 14.7. The lowest BCUT2D eigenvalue weighted by Crippen LogP contribution is -2.30. The van der Waals surface area contributed by atoms with E-state index in [1.165, 1.54) is 6.07 Å². The molecule has 24 heavy (non-hydrogen) atoms. The van der Waals surface area contributed by atoms with Gasteiger partial charge in [0.05, 0.1) is 11.7 Å². The highest BCUT2D eigenvalue weighted by Gasteiger charge is 2.19. The van der Waals surface area contributed by atoms with Crippen molar-refractivity contribution in [2.75, 3.05) is 7.05 Å². The second-order valence-electron chi connectivity index (χ2n) is 6.13. The number of rotatable bonds is 5. The third kappa shape index (κ3) is 3.63. The van der Waals surface area contributed by atoms with E-state index in [1.54, 1.807) is 18.9 Å². The molecule has 1 unspecified atom stereocenters. The SMILES string of the molecule is Cc1nn(C)c(C)c1CCC(=O)N(C)C(C)c1ccc(F)c(F)c1. The molecule has 0 radical (unpaired) electrons. The quantitative estimate of drug-likeness (QED) is 0.839. The molecule has 0 N–H and O–H groups in total. The first-order valence-corrected chi connectivity index (χ1v) is 7.92. The number of halogens is 2. The van der Waals surface area contributed by atoms with E-state index >= 15 is 0 Å². The van der Waals surface area contributed by atoms with Gasteiger partial charge in [-0.15, -0.1) is 0 Å². The number of carbonyl (C=O) groups excluding carboxylic acids is 1. The summed E-state index contributed by atoms with van der Waals surface area (Å²) < 4.78 is 28.2. The molecule has 1 amide bonds. The Morgan fingerprint density at radius 3 is 2.50 bits per heavy atom. The van der Waals surface area contributed by atoms with E-state index in [1.807, 2.05) is 25.6 Å². The van der Waals surface area contributed by atoms with Crippen LogP contribution < -0.4 is 0 Å². The standard InChI is InChI=1S/C18H23F2N3O/c1-11-15(13(3)23(5)21-11)7-9-18(24)22(4)12(2)14-6-8-16(19)17(20)10-14/h6,8,10,12H,7,9H2,1-5H3. The predicted octanol–water partition coefficient (Wildman–Crippen LogP) is 3.47. The first-order valence-electron chi connectivity index (χ1n) is 7.92. The molecule has 0 saturated heterocycles. The van der Waals surface area contributed by atoms with Crippen molar-refractivity contribution in [1.82, 2.24) is 14.7 Å². The van der Waals surface area contributed by atoms with E-state index < -0.39 is 11.6 Å². The Morgan fingerprint density at radius 2 is 1.96 bits per heavy atom. The van der Waals surface area contributed by atoms with Crippen molar-refractivity contribution in [3.8, 4) is 0 Å². The van der Waals surface area contributed by atoms with Gasteiger partial charge in [-0.2, -0.15) is 5.10 Å². The van der Waals surface area contributed by atoms with Crippen LogP contribution in [0.15, 0.2) is 18.2 Å². The predicted molar refractivity (Wildman–Crippen MR) is 88.5 cm³/mol. The highest BCUT2D eigenvalue weighted by atomic mass is 19.2. The molecular formula is C18H23F2N3O. The summed E-state index contributed by atoms with van der Waals surface area (Å²) in [6.45, 7) is 5.71. The topological polar surface area (TPSA) is 38.1 Å². The minimum Gasteiger partial charge on any atom is -0.339 e. The van der Waals surface area contributed by atoms with E-state index in [0.717, 1.165) is 29.1 Å². The lowest BCUT2D eigenvalue weighted by Gasteiger charge is -2.25. The fourth-order valence-corrected chi connectivity index (χ4v) is 2.80. The number of amides is 1. The van der Waals surface area contributed by atoms with Crippen LogP contribution in [0.2, 0.25) is 0 Å². The Bertz CT molecular complexity index is 755. The van der Waals surface area contributed by atoms with Gasteiger partial charge in [0, 0.05) is 26.2 Å². The Kier molecular flexibility index (Phi) is 5.36. The fourth-order valence-electron chi connectivity index (χ4n) is 2.80. The maximum Gasteiger partial charge on any atom is 0.223 e. The molecule has 1 aromatic heterocycles. The lowest BCUT2D eigenvalue weighted by atomic mass is 10.0. The van der Waals surface area contributed by atoms with Gasteiger partial charge in [-0.3, -0.25) is 9.48 Å². The molecule has 0 bridgehead atoms. The van der Waals surface area contributed by atoms with Crippen molar-refractivity contribution >= 4 is 5.91 Å². The van der Waals surface area contributed by atoms with Crippen LogP contribution in [0.4, 0.5) is 8.78 Å². The zero-order valence-electron chi connectivity index (χ0n) is 14.7. The first kappa shape index (κ1) is 18.1. The van der Waals surface area contributed by atoms with E-state index in [2.05, 4.69) is 5.10 Å². The summed E-state index contributed by atoms with van der Waals surface area (Å²) in [5.74, 6) is -1.83. The average molecular weight is 335 g/mol. The van der Waals surface area contributed by atoms with Crippen molar-refractivity contribution in [1.29, 1.82) is 0 Å². The van der Waals surface area contributed by atoms with Gasteiger partial charge in [-0.25, -0.2) is 8.78 Å². The van der Waals surface area contributed by atoms with E-state index in [-0.39, 0.29) is 11.9 Å². The molecule has 130 valence electrons. The van der Waals surface area contributed by atoms with Gasteiger partial charge >= 0.3 is 0 Å². The van der Waals surface area contributed by atoms with Crippen LogP contribution in [0.1, 0.15) is 41.9 Å². The Hall–Kier alpha value is -2.24. The van der Waals surface area contributed by atoms with Crippen LogP contribution in [-0.2, 0) is 18.3 Å². The summed E-state index contributed by atoms with van der Waals surface area (Å²) >= 11 is 0. The molecule has 1 atom stereocenters. The number of hydrogen-bond acceptors (Lipinski definition) is 2. The lowest BCUT2D eigenvalue weighted by molar-refractivity contribution is -0.131. The molecule has 4 nitrogen and oxygen atoms in total. The van der Waals surface area contributed by atoms with Crippen molar-refractivity contribution in [2.45, 2.75) is 39.7 Å². The molecule has 0 aliphatic carbocycles. The molecule has 2 rings (SSSR count). The molecule has 1 heterocycles. The van der Waals surface area contributed by atoms with E-state index in [9.17, 15) is 13.6 Å². The second-order valence-corrected chi connectivity index (χ2v) is 6.13. The first-order chi connectivity index (χ1) is 11.2. The van der Waals surface area contributed by atoms with Gasteiger partial charge in [0.2, 0.25) is 5.91 Å². The van der Waals surface area contributed by atoms with Crippen molar-refractivity contribution in [3.05, 3.63) is 52.3 Å². The van der Waals surface area contributed by atoms with Gasteiger partial charge in [0.25, 0.3) is 0 Å². The summed E-state index contributed by atoms with van der Waals surface area (Å²) in [5.41, 5.74) is 3.63. The van der Waals surface area contributed by atoms with Crippen molar-refractivity contribution in [2.24, 2.45) is 7.05 Å². The van der Waals surface area contributed by atoms with Gasteiger partial charge in [-0.1, -0.05) is 6.07 Å². The van der Waals surface area contributed by atoms with E-state index in [0.29, 0.717) is 18.4 Å². The Labute approximate surface area is 141 Å². The summed E-state index contributed by atoms with van der Waals surface area (Å²) in [7, 11) is 3.56. The van der Waals surface area contributed by atoms with Crippen molar-refractivity contribution in [3.63, 3.8) is 0 Å². The number of benzene rings is 1. The summed E-state index contributed by atoms with van der Waals surface area (Å²) in [6, 6.07) is 3.40. The molecule has 0 spiro atoms. The summed E-state index contributed by atoms with van der Waals surface area (Å²) in [4.78, 5) is 14.0. The largest absolute Gasteiger partial charge is 0.339 e. The second kappa shape index (κ2) is 7.11. The molecule has 2 aromatic rings. The molecule has 0 aliphatic rings. The van der Waals surface area contributed by atoms with Crippen LogP contribution in [0.25, 0.3) is 0 Å². The zero-order chi connectivity index (χ0) is 18.0. The molecule has 1 aromatic carbocycles. The van der Waals surface area contributed by atoms with Gasteiger partial charge in [-0.05, 0) is 50.5 Å². The minimum absolute atomic E-state index is 0.0464. The van der Waals surface area contributed by atoms with Crippen LogP contribution >= 0.6 is 0 Å². The summed E-state index contributed by atoms with van der Waals surface area (Å²) in [6.07, 6.45) is 0.955. The molecule has 0 saturated carbocycles. The number of aromatic nitrogens is 2. The highest BCUT2D eigenvalue weighted by Crippen LogP contribution is 2.22. The van der Waals surface area contributed by atoms with Crippen LogP contribution in [0.5, 0.6) is 0 Å². The fraction of sp³-hybridized carbons (Fsp3) is 0.444. The smallest absolute Gasteiger partial charge is 0.223 e. The highest BCUT2D eigenvalue weighted by molar-refractivity contribution is 5.76. The Balaban J connectivity index is 2.04. The average Bonchev–Trinajstić information content (AvgIpc) is 2.79. The molecular weight excluding hydrogens is 312 g/mol. The molecule has 6 heteroatoms. The van der Waals surface area contributed by atoms with Gasteiger partial charge in [0.15, 0.2) is 11.6 Å². The Morgan fingerprint density at radius 1 is 1.29 bits per heavy atom. The normalized spacial score (nSPS) is 12.3. The maximum atomic E-state index is 13.4. The number of carbonyl (C=O) groups is 1. The van der Waals surface area contributed by atoms with E-state index in [4.69, 9.17) is 0 Å². The van der Waals surface area contributed by atoms with Gasteiger partial charge < -0.3 is 4.90 Å². The maximum absolute atomic E-state index is 13.4. The van der Waals surface area contributed by atoms with Crippen molar-refractivity contribution < 1.29 is 13.6 Å². The molecule has 0 fully saturated rings. The minimum atomic E-state index is -0.901. The number of aryl methyl sites for hydroxylation is 2. The monoisotopic (exact) mass is 335 g/mol. The number of hydrogen-bond donors (Lipinski definition) is 0. The third-order valence-electron chi connectivity index (χ3n) is 4.65. The molecule has 0 aliphatic heterocycles. The van der Waals surface area contributed by atoms with Crippen LogP contribution in [0, 0.1) is 25.5 Å². The third-order valence-corrected chi connectivity index (χ3v) is 4.65. The van der Waals surface area contributed by atoms with Gasteiger partial charge in [0.1, 0.15) is 0 Å².